The number of hydrogen-bond acceptors (Lipinski definition) is 5. The normalized spacial score (nSPS) is 15.4. The van der Waals surface area contributed by atoms with E-state index in [1.807, 2.05) is 60.6 Å². The van der Waals surface area contributed by atoms with Crippen molar-refractivity contribution in [2.24, 2.45) is 11.3 Å². The van der Waals surface area contributed by atoms with E-state index in [9.17, 15) is 19.5 Å². The lowest BCUT2D eigenvalue weighted by atomic mass is 9.76. The molecule has 1 heterocycles. The van der Waals surface area contributed by atoms with Crippen molar-refractivity contribution in [3.05, 3.63) is 46.9 Å². The van der Waals surface area contributed by atoms with Gasteiger partial charge in [-0.1, -0.05) is 72.7 Å². The standard InChI is InChI=1S/C29H43N3O4S/c1-17(2)21(15-18(3)27(35)36)32(10)26(34)24(28(4,5)6)31-25(33)23(30-9)29(7,8)20-16-37-22-14-12-11-13-19(20)22/h11-17,21,23-24,30H,1-10H3,(H,31,33)(H,35,36)/b18-15+/t21-,23-,24-/m1/s1. The molecule has 0 bridgehead atoms. The molecule has 204 valence electrons. The molecule has 0 unspecified atom stereocenters. The van der Waals surface area contributed by atoms with Gasteiger partial charge in [-0.3, -0.25) is 9.59 Å². The molecule has 0 saturated carbocycles. The quantitative estimate of drug-likeness (QED) is 0.384. The zero-order valence-electron chi connectivity index (χ0n) is 23.8. The van der Waals surface area contributed by atoms with Crippen LogP contribution in [0.1, 0.15) is 61.0 Å². The van der Waals surface area contributed by atoms with Gasteiger partial charge in [-0.25, -0.2) is 4.79 Å². The average molecular weight is 530 g/mol. The molecule has 0 saturated heterocycles. The SMILES string of the molecule is CN[C@H](C(=O)N[C@H](C(=O)N(C)[C@H](/C=C(\C)C(=O)O)C(C)C)C(C)(C)C)C(C)(C)c1csc2ccccc12. The maximum atomic E-state index is 13.8. The predicted molar refractivity (Wildman–Crippen MR) is 152 cm³/mol. The molecule has 2 aromatic rings. The number of carbonyl (C=O) groups excluding carboxylic acids is 2. The number of likely N-dealkylation sites (N-methyl/N-ethyl adjacent to an activating group) is 2. The number of carboxylic acids is 1. The fourth-order valence-electron chi connectivity index (χ4n) is 4.76. The Hall–Kier alpha value is -2.71. The van der Waals surface area contributed by atoms with Crippen LogP contribution in [0.2, 0.25) is 0 Å². The Morgan fingerprint density at radius 2 is 1.65 bits per heavy atom. The molecule has 3 N–H and O–H groups in total. The summed E-state index contributed by atoms with van der Waals surface area (Å²) in [4.78, 5) is 40.6. The van der Waals surface area contributed by atoms with Crippen molar-refractivity contribution in [3.8, 4) is 0 Å². The molecule has 7 nitrogen and oxygen atoms in total. The number of benzene rings is 1. The summed E-state index contributed by atoms with van der Waals surface area (Å²) in [5.74, 6) is -1.56. The van der Waals surface area contributed by atoms with Crippen LogP contribution in [0.5, 0.6) is 0 Å². The first kappa shape index (κ1) is 30.5. The maximum absolute atomic E-state index is 13.8. The summed E-state index contributed by atoms with van der Waals surface area (Å²) >= 11 is 1.65. The highest BCUT2D eigenvalue weighted by Gasteiger charge is 2.42. The van der Waals surface area contributed by atoms with Gasteiger partial charge in [-0.05, 0) is 47.7 Å². The van der Waals surface area contributed by atoms with Crippen molar-refractivity contribution in [2.75, 3.05) is 14.1 Å². The number of fused-ring (bicyclic) bond motifs is 1. The Labute approximate surface area is 225 Å². The minimum Gasteiger partial charge on any atom is -0.478 e. The predicted octanol–water partition coefficient (Wildman–Crippen LogP) is 4.81. The second-order valence-corrected chi connectivity index (χ2v) is 12.6. The Morgan fingerprint density at radius 3 is 2.16 bits per heavy atom. The highest BCUT2D eigenvalue weighted by molar-refractivity contribution is 7.17. The lowest BCUT2D eigenvalue weighted by molar-refractivity contribution is -0.141. The number of carbonyl (C=O) groups is 3. The van der Waals surface area contributed by atoms with Gasteiger partial charge in [-0.2, -0.15) is 0 Å². The van der Waals surface area contributed by atoms with Gasteiger partial charge in [0.25, 0.3) is 0 Å². The number of aliphatic carboxylic acids is 1. The van der Waals surface area contributed by atoms with E-state index in [1.54, 1.807) is 36.4 Å². The van der Waals surface area contributed by atoms with E-state index in [-0.39, 0.29) is 23.3 Å². The third kappa shape index (κ3) is 6.79. The van der Waals surface area contributed by atoms with Gasteiger partial charge in [0, 0.05) is 22.7 Å². The van der Waals surface area contributed by atoms with E-state index >= 15 is 0 Å². The number of rotatable bonds is 10. The smallest absolute Gasteiger partial charge is 0.331 e. The van der Waals surface area contributed by atoms with Crippen LogP contribution >= 0.6 is 11.3 Å². The minimum atomic E-state index is -1.02. The number of amides is 2. The van der Waals surface area contributed by atoms with E-state index in [1.165, 1.54) is 6.92 Å². The van der Waals surface area contributed by atoms with E-state index in [0.29, 0.717) is 0 Å². The fourth-order valence-corrected chi connectivity index (χ4v) is 5.89. The van der Waals surface area contributed by atoms with Gasteiger partial charge in [0.1, 0.15) is 6.04 Å². The van der Waals surface area contributed by atoms with Crippen LogP contribution in [0.25, 0.3) is 10.1 Å². The first-order chi connectivity index (χ1) is 17.0. The van der Waals surface area contributed by atoms with Gasteiger partial charge >= 0.3 is 5.97 Å². The minimum absolute atomic E-state index is 0.0181. The van der Waals surface area contributed by atoms with Crippen LogP contribution in [0.3, 0.4) is 0 Å². The van der Waals surface area contributed by atoms with Crippen LogP contribution in [0.4, 0.5) is 0 Å². The van der Waals surface area contributed by atoms with Gasteiger partial charge in [0.15, 0.2) is 0 Å². The average Bonchev–Trinajstić information content (AvgIpc) is 3.24. The van der Waals surface area contributed by atoms with Gasteiger partial charge in [0.2, 0.25) is 11.8 Å². The Balaban J connectivity index is 2.40. The Bertz CT molecular complexity index is 1160. The van der Waals surface area contributed by atoms with E-state index in [4.69, 9.17) is 0 Å². The molecule has 0 fully saturated rings. The molecule has 0 radical (unpaired) electrons. The molecule has 0 aliphatic rings. The second-order valence-electron chi connectivity index (χ2n) is 11.7. The third-order valence-electron chi connectivity index (χ3n) is 7.08. The van der Waals surface area contributed by atoms with Crippen molar-refractivity contribution < 1.29 is 19.5 Å². The lowest BCUT2D eigenvalue weighted by Gasteiger charge is -2.39. The third-order valence-corrected chi connectivity index (χ3v) is 8.05. The summed E-state index contributed by atoms with van der Waals surface area (Å²) in [6, 6.07) is 6.31. The molecule has 2 rings (SSSR count). The summed E-state index contributed by atoms with van der Waals surface area (Å²) in [7, 11) is 3.43. The fraction of sp³-hybridized carbons (Fsp3) is 0.552. The summed E-state index contributed by atoms with van der Waals surface area (Å²) in [6.07, 6.45) is 1.60. The molecule has 37 heavy (non-hydrogen) atoms. The molecule has 0 aliphatic heterocycles. The van der Waals surface area contributed by atoms with Gasteiger partial charge in [0.05, 0.1) is 12.1 Å². The largest absolute Gasteiger partial charge is 0.478 e. The molecule has 1 aromatic heterocycles. The van der Waals surface area contributed by atoms with Crippen molar-refractivity contribution in [2.45, 2.75) is 78.9 Å². The molecule has 0 spiro atoms. The molecule has 1 aromatic carbocycles. The first-order valence-corrected chi connectivity index (χ1v) is 13.5. The number of nitrogens with one attached hydrogen (secondary N) is 2. The van der Waals surface area contributed by atoms with Crippen molar-refractivity contribution in [3.63, 3.8) is 0 Å². The topological polar surface area (TPSA) is 98.7 Å². The molecule has 8 heteroatoms. The first-order valence-electron chi connectivity index (χ1n) is 12.7. The number of carboxylic acid groups (broad SMARTS) is 1. The monoisotopic (exact) mass is 529 g/mol. The molecule has 2 amide bonds. The summed E-state index contributed by atoms with van der Waals surface area (Å²) in [5, 5.41) is 18.8. The van der Waals surface area contributed by atoms with E-state index < -0.39 is 34.9 Å². The summed E-state index contributed by atoms with van der Waals surface area (Å²) in [5.41, 5.74) is 0.116. The zero-order valence-corrected chi connectivity index (χ0v) is 24.6. The van der Waals surface area contributed by atoms with E-state index in [0.717, 1.165) is 15.6 Å². The zero-order chi connectivity index (χ0) is 28.3. The molecular weight excluding hydrogens is 486 g/mol. The van der Waals surface area contributed by atoms with Gasteiger partial charge < -0.3 is 20.6 Å². The lowest BCUT2D eigenvalue weighted by Crippen LogP contribution is -2.61. The van der Waals surface area contributed by atoms with Gasteiger partial charge in [-0.15, -0.1) is 11.3 Å². The van der Waals surface area contributed by atoms with Crippen LogP contribution in [0, 0.1) is 11.3 Å². The van der Waals surface area contributed by atoms with Crippen LogP contribution in [-0.2, 0) is 19.8 Å². The van der Waals surface area contributed by atoms with Crippen molar-refractivity contribution in [1.82, 2.24) is 15.5 Å². The maximum Gasteiger partial charge on any atom is 0.331 e. The Morgan fingerprint density at radius 1 is 1.05 bits per heavy atom. The summed E-state index contributed by atoms with van der Waals surface area (Å²) in [6.45, 7) is 15.2. The number of nitrogens with zero attached hydrogens (tertiary/aromatic N) is 1. The van der Waals surface area contributed by atoms with Crippen LogP contribution < -0.4 is 10.6 Å². The highest BCUT2D eigenvalue weighted by Crippen LogP contribution is 2.37. The van der Waals surface area contributed by atoms with Crippen LogP contribution in [0.15, 0.2) is 41.3 Å². The van der Waals surface area contributed by atoms with Crippen molar-refractivity contribution >= 4 is 39.2 Å². The molecular formula is C29H43N3O4S. The van der Waals surface area contributed by atoms with Crippen molar-refractivity contribution in [1.29, 1.82) is 0 Å². The molecule has 3 atom stereocenters. The van der Waals surface area contributed by atoms with Crippen LogP contribution in [-0.4, -0.2) is 60.0 Å². The summed E-state index contributed by atoms with van der Waals surface area (Å²) < 4.78 is 1.16. The second kappa shape index (κ2) is 11.8. The number of hydrogen-bond donors (Lipinski definition) is 3. The highest BCUT2D eigenvalue weighted by atomic mass is 32.1. The number of thiophene rings is 1. The molecule has 0 aliphatic carbocycles. The Kier molecular flexibility index (Phi) is 9.71. The van der Waals surface area contributed by atoms with E-state index in [2.05, 4.69) is 28.1 Å².